The summed E-state index contributed by atoms with van der Waals surface area (Å²) < 4.78 is 24.4. The quantitative estimate of drug-likeness (QED) is 0.556. The molecule has 1 saturated heterocycles. The zero-order chi connectivity index (χ0) is 23.1. The molecule has 3 rings (SSSR count). The normalized spacial score (nSPS) is 14.4. The largest absolute Gasteiger partial charge is 0.356 e. The first-order chi connectivity index (χ1) is 15.3. The van der Waals surface area contributed by atoms with Crippen LogP contribution < -0.4 is 15.5 Å². The molecule has 1 amide bonds. The Labute approximate surface area is 190 Å². The van der Waals surface area contributed by atoms with Gasteiger partial charge in [-0.1, -0.05) is 12.1 Å². The van der Waals surface area contributed by atoms with Crippen molar-refractivity contribution in [3.63, 3.8) is 0 Å². The Hall–Kier alpha value is -2.68. The van der Waals surface area contributed by atoms with Gasteiger partial charge < -0.3 is 15.5 Å². The highest BCUT2D eigenvalue weighted by molar-refractivity contribution is 7.92. The SMILES string of the molecule is Cc1cc(N2CCCCC2)nc(NCCNC(=O)Cc2ccc(S(=O)(=O)C(C)C)cc2)n1. The van der Waals surface area contributed by atoms with E-state index in [1.807, 2.05) is 13.0 Å². The van der Waals surface area contributed by atoms with E-state index in [1.54, 1.807) is 38.1 Å². The van der Waals surface area contributed by atoms with Gasteiger partial charge >= 0.3 is 0 Å². The van der Waals surface area contributed by atoms with Gasteiger partial charge in [0.05, 0.1) is 16.6 Å². The van der Waals surface area contributed by atoms with Gasteiger partial charge in [0, 0.05) is 37.9 Å². The van der Waals surface area contributed by atoms with Crippen molar-refractivity contribution in [2.75, 3.05) is 36.4 Å². The first-order valence-corrected chi connectivity index (χ1v) is 12.7. The highest BCUT2D eigenvalue weighted by atomic mass is 32.2. The molecule has 32 heavy (non-hydrogen) atoms. The number of piperidine rings is 1. The van der Waals surface area contributed by atoms with Crippen LogP contribution in [0.15, 0.2) is 35.2 Å². The summed E-state index contributed by atoms with van der Waals surface area (Å²) in [6, 6.07) is 8.52. The van der Waals surface area contributed by atoms with Gasteiger partial charge in [0.1, 0.15) is 5.82 Å². The topological polar surface area (TPSA) is 104 Å². The number of anilines is 2. The summed E-state index contributed by atoms with van der Waals surface area (Å²) >= 11 is 0. The van der Waals surface area contributed by atoms with Gasteiger partial charge in [0.15, 0.2) is 9.84 Å². The Morgan fingerprint density at radius 1 is 1.06 bits per heavy atom. The first-order valence-electron chi connectivity index (χ1n) is 11.2. The van der Waals surface area contributed by atoms with Gasteiger partial charge in [-0.05, 0) is 57.7 Å². The highest BCUT2D eigenvalue weighted by Crippen LogP contribution is 2.20. The molecule has 0 unspecified atom stereocenters. The minimum absolute atomic E-state index is 0.120. The van der Waals surface area contributed by atoms with E-state index >= 15 is 0 Å². The Balaban J connectivity index is 1.46. The van der Waals surface area contributed by atoms with E-state index in [9.17, 15) is 13.2 Å². The number of sulfone groups is 1. The molecule has 174 valence electrons. The Kier molecular flexibility index (Phi) is 8.06. The number of aromatic nitrogens is 2. The van der Waals surface area contributed by atoms with Crippen LogP contribution in [0, 0.1) is 6.92 Å². The lowest BCUT2D eigenvalue weighted by atomic mass is 10.1. The van der Waals surface area contributed by atoms with Crippen molar-refractivity contribution >= 4 is 27.5 Å². The minimum atomic E-state index is -3.30. The van der Waals surface area contributed by atoms with E-state index in [2.05, 4.69) is 25.5 Å². The average Bonchev–Trinajstić information content (AvgIpc) is 2.77. The number of nitrogens with one attached hydrogen (secondary N) is 2. The van der Waals surface area contributed by atoms with Crippen molar-refractivity contribution in [1.29, 1.82) is 0 Å². The lowest BCUT2D eigenvalue weighted by Crippen LogP contribution is -2.31. The third-order valence-electron chi connectivity index (χ3n) is 5.49. The van der Waals surface area contributed by atoms with Gasteiger partial charge in [-0.25, -0.2) is 13.4 Å². The molecule has 1 fully saturated rings. The fourth-order valence-electron chi connectivity index (χ4n) is 3.61. The zero-order valence-electron chi connectivity index (χ0n) is 19.1. The van der Waals surface area contributed by atoms with Gasteiger partial charge in [0.2, 0.25) is 11.9 Å². The van der Waals surface area contributed by atoms with Gasteiger partial charge in [-0.2, -0.15) is 4.98 Å². The highest BCUT2D eigenvalue weighted by Gasteiger charge is 2.19. The fourth-order valence-corrected chi connectivity index (χ4v) is 4.67. The van der Waals surface area contributed by atoms with E-state index in [0.29, 0.717) is 19.0 Å². The lowest BCUT2D eigenvalue weighted by molar-refractivity contribution is -0.120. The number of carbonyl (C=O) groups excluding carboxylic acids is 1. The summed E-state index contributed by atoms with van der Waals surface area (Å²) in [5, 5.41) is 5.59. The van der Waals surface area contributed by atoms with Crippen LogP contribution in [0.2, 0.25) is 0 Å². The van der Waals surface area contributed by atoms with Gasteiger partial charge in [-0.15, -0.1) is 0 Å². The van der Waals surface area contributed by atoms with Crippen molar-refractivity contribution in [2.45, 2.75) is 56.6 Å². The minimum Gasteiger partial charge on any atom is -0.356 e. The van der Waals surface area contributed by atoms with Crippen LogP contribution in [-0.4, -0.2) is 55.7 Å². The molecule has 9 heteroatoms. The second-order valence-corrected chi connectivity index (χ2v) is 10.9. The molecule has 0 aliphatic carbocycles. The maximum Gasteiger partial charge on any atom is 0.224 e. The van der Waals surface area contributed by atoms with Gasteiger partial charge in [0.25, 0.3) is 0 Å². The van der Waals surface area contributed by atoms with Crippen molar-refractivity contribution in [2.24, 2.45) is 0 Å². The van der Waals surface area contributed by atoms with E-state index in [-0.39, 0.29) is 17.2 Å². The summed E-state index contributed by atoms with van der Waals surface area (Å²) in [5.74, 6) is 1.40. The third kappa shape index (κ3) is 6.41. The molecule has 1 aromatic carbocycles. The number of rotatable bonds is 9. The summed E-state index contributed by atoms with van der Waals surface area (Å²) in [4.78, 5) is 23.9. The molecule has 0 bridgehead atoms. The van der Waals surface area contributed by atoms with E-state index in [1.165, 1.54) is 19.3 Å². The molecule has 0 saturated carbocycles. The number of nitrogens with zero attached hydrogens (tertiary/aromatic N) is 3. The molecule has 0 atom stereocenters. The molecule has 0 radical (unpaired) electrons. The second-order valence-electron chi connectivity index (χ2n) is 8.43. The molecule has 2 aromatic rings. The second kappa shape index (κ2) is 10.8. The zero-order valence-corrected chi connectivity index (χ0v) is 19.9. The number of aryl methyl sites for hydroxylation is 1. The van der Waals surface area contributed by atoms with Crippen molar-refractivity contribution in [3.8, 4) is 0 Å². The number of hydrogen-bond acceptors (Lipinski definition) is 7. The number of amides is 1. The van der Waals surface area contributed by atoms with Crippen molar-refractivity contribution < 1.29 is 13.2 Å². The molecule has 0 spiro atoms. The summed E-state index contributed by atoms with van der Waals surface area (Å²) in [6.07, 6.45) is 3.84. The standard InChI is InChI=1S/C23H33N5O3S/c1-17(2)32(30,31)20-9-7-19(8-10-20)16-22(29)24-11-12-25-23-26-18(3)15-21(27-23)28-13-5-4-6-14-28/h7-10,15,17H,4-6,11-14,16H2,1-3H3,(H,24,29)(H,25,26,27). The van der Waals surface area contributed by atoms with Gasteiger partial charge in [-0.3, -0.25) is 4.79 Å². The van der Waals surface area contributed by atoms with Crippen LogP contribution in [0.5, 0.6) is 0 Å². The van der Waals surface area contributed by atoms with Crippen LogP contribution in [0.4, 0.5) is 11.8 Å². The van der Waals surface area contributed by atoms with Crippen LogP contribution in [-0.2, 0) is 21.1 Å². The molecular weight excluding hydrogens is 426 g/mol. The third-order valence-corrected chi connectivity index (χ3v) is 7.66. The molecule has 2 N–H and O–H groups in total. The molecule has 1 aromatic heterocycles. The van der Waals surface area contributed by atoms with Crippen LogP contribution >= 0.6 is 0 Å². The van der Waals surface area contributed by atoms with Crippen LogP contribution in [0.1, 0.15) is 44.4 Å². The van der Waals surface area contributed by atoms with E-state index < -0.39 is 15.1 Å². The lowest BCUT2D eigenvalue weighted by Gasteiger charge is -2.28. The Morgan fingerprint density at radius 3 is 2.41 bits per heavy atom. The maximum atomic E-state index is 12.2. The van der Waals surface area contributed by atoms with Crippen LogP contribution in [0.25, 0.3) is 0 Å². The summed E-state index contributed by atoms with van der Waals surface area (Å²) in [5.41, 5.74) is 1.68. The maximum absolute atomic E-state index is 12.2. The number of hydrogen-bond donors (Lipinski definition) is 2. The summed E-state index contributed by atoms with van der Waals surface area (Å²) in [6.45, 7) is 8.27. The molecule has 1 aliphatic rings. The summed E-state index contributed by atoms with van der Waals surface area (Å²) in [7, 11) is -3.30. The average molecular weight is 460 g/mol. The van der Waals surface area contributed by atoms with E-state index in [4.69, 9.17) is 0 Å². The predicted molar refractivity (Wildman–Crippen MR) is 127 cm³/mol. The monoisotopic (exact) mass is 459 g/mol. The van der Waals surface area contributed by atoms with Crippen molar-refractivity contribution in [1.82, 2.24) is 15.3 Å². The van der Waals surface area contributed by atoms with Crippen molar-refractivity contribution in [3.05, 3.63) is 41.6 Å². The number of carbonyl (C=O) groups is 1. The molecule has 2 heterocycles. The molecule has 1 aliphatic heterocycles. The first kappa shape index (κ1) is 24.0. The molecule has 8 nitrogen and oxygen atoms in total. The number of benzene rings is 1. The molecular formula is C23H33N5O3S. The Bertz CT molecular complexity index is 1020. The van der Waals surface area contributed by atoms with Crippen LogP contribution in [0.3, 0.4) is 0 Å². The smallest absolute Gasteiger partial charge is 0.224 e. The Morgan fingerprint density at radius 2 is 1.75 bits per heavy atom. The van der Waals surface area contributed by atoms with E-state index in [0.717, 1.165) is 30.2 Å². The fraction of sp³-hybridized carbons (Fsp3) is 0.522. The predicted octanol–water partition coefficient (Wildman–Crippen LogP) is 2.73.